The number of anilines is 3. The molecule has 0 unspecified atom stereocenters. The molecule has 4 aromatic carbocycles. The highest BCUT2D eigenvalue weighted by Crippen LogP contribution is 2.45. The number of carbonyl (C=O) groups is 4. The minimum Gasteiger partial charge on any atom is -0.478 e. The molecule has 0 spiro atoms. The smallest absolute Gasteiger partial charge is 0.478 e. The second-order valence-electron chi connectivity index (χ2n) is 29.6. The van der Waals surface area contributed by atoms with Crippen molar-refractivity contribution in [2.45, 2.75) is 190 Å². The Bertz CT molecular complexity index is 4620. The van der Waals surface area contributed by atoms with Crippen LogP contribution in [0.1, 0.15) is 185 Å². The van der Waals surface area contributed by atoms with Gasteiger partial charge in [-0.15, -0.1) is 0 Å². The Kier molecular flexibility index (Phi) is 29.4. The van der Waals surface area contributed by atoms with Crippen LogP contribution in [-0.4, -0.2) is 110 Å². The summed E-state index contributed by atoms with van der Waals surface area (Å²) in [5.41, 5.74) is 18.4. The van der Waals surface area contributed by atoms with Crippen LogP contribution < -0.4 is 22.7 Å². The molecule has 22 nitrogen and oxygen atoms in total. The largest absolute Gasteiger partial charge is 0.494 e. The van der Waals surface area contributed by atoms with Gasteiger partial charge in [-0.25, -0.2) is 51.7 Å². The number of carboxylic acid groups (broad SMARTS) is 1. The van der Waals surface area contributed by atoms with E-state index in [9.17, 15) is 36.7 Å². The summed E-state index contributed by atoms with van der Waals surface area (Å²) in [5.74, 6) is -4.96. The maximum Gasteiger partial charge on any atom is 0.494 e. The molecule has 30 heteroatoms. The molecule has 2 saturated heterocycles. The summed E-state index contributed by atoms with van der Waals surface area (Å²) in [4.78, 5) is 58.4. The molecule has 0 amide bonds. The van der Waals surface area contributed by atoms with Gasteiger partial charge in [-0.1, -0.05) is 34.1 Å². The van der Waals surface area contributed by atoms with Gasteiger partial charge in [0.2, 0.25) is 0 Å². The van der Waals surface area contributed by atoms with Crippen molar-refractivity contribution in [3.05, 3.63) is 205 Å². The van der Waals surface area contributed by atoms with E-state index in [1.54, 1.807) is 116 Å². The van der Waals surface area contributed by atoms with E-state index < -0.39 is 82.3 Å². The molecule has 578 valence electrons. The predicted octanol–water partition coefficient (Wildman–Crippen LogP) is 17.8. The monoisotopic (exact) mass is 1680 g/mol. The van der Waals surface area contributed by atoms with Crippen molar-refractivity contribution >= 4 is 102 Å². The number of nitrogens with zero attached hydrogens (tertiary/aromatic N) is 7. The van der Waals surface area contributed by atoms with E-state index >= 15 is 0 Å². The number of aromatic nitrogens is 7. The molecule has 7 heterocycles. The lowest BCUT2D eigenvalue weighted by atomic mass is 9.78. The Morgan fingerprint density at radius 2 is 0.935 bits per heavy atom. The minimum absolute atomic E-state index is 0.0970. The first-order chi connectivity index (χ1) is 49.9. The zero-order chi connectivity index (χ0) is 81.0. The van der Waals surface area contributed by atoms with Crippen LogP contribution in [0, 0.1) is 23.3 Å². The summed E-state index contributed by atoms with van der Waals surface area (Å²) in [6, 6.07) is 23.9. The summed E-state index contributed by atoms with van der Waals surface area (Å²) < 4.78 is 101. The van der Waals surface area contributed by atoms with E-state index in [-0.39, 0.29) is 51.4 Å². The zero-order valence-corrected chi connectivity index (χ0v) is 68.6. The molecule has 5 aromatic heterocycles. The average Bonchev–Trinajstić information content (AvgIpc) is 1.63. The second-order valence-corrected chi connectivity index (χ2v) is 32.3. The number of halogens is 7. The molecule has 0 saturated carbocycles. The number of benzene rings is 4. The quantitative estimate of drug-likeness (QED) is 0.0405. The molecular formula is C78H92BBr3F4N10O12. The molecule has 0 aliphatic carbocycles. The van der Waals surface area contributed by atoms with Crippen molar-refractivity contribution in [1.29, 1.82) is 0 Å². The van der Waals surface area contributed by atoms with Crippen molar-refractivity contribution in [3.8, 4) is 33.4 Å². The second kappa shape index (κ2) is 36.1. The van der Waals surface area contributed by atoms with Crippen LogP contribution in [-0.2, 0) is 46.1 Å². The van der Waals surface area contributed by atoms with Crippen LogP contribution in [0.15, 0.2) is 154 Å². The molecule has 0 atom stereocenters. The topological polar surface area (TPSA) is 305 Å². The number of hydrogen-bond donors (Lipinski definition) is 4. The van der Waals surface area contributed by atoms with Gasteiger partial charge in [0.1, 0.15) is 57.5 Å². The summed E-state index contributed by atoms with van der Waals surface area (Å²) in [7, 11) is -0.665. The lowest BCUT2D eigenvalue weighted by Gasteiger charge is -2.32. The van der Waals surface area contributed by atoms with Gasteiger partial charge >= 0.3 is 31.0 Å². The number of nitrogen functional groups attached to an aromatic ring is 3. The van der Waals surface area contributed by atoms with Crippen LogP contribution in [0.2, 0.25) is 0 Å². The average molecular weight is 1690 g/mol. The Morgan fingerprint density at radius 1 is 0.500 bits per heavy atom. The van der Waals surface area contributed by atoms with Gasteiger partial charge in [-0.3, -0.25) is 9.36 Å². The Hall–Kier alpha value is -8.91. The Labute approximate surface area is 652 Å². The number of nitrogens with two attached hydrogens (primary N) is 3. The number of ether oxygens (including phenoxy) is 5. The highest BCUT2D eigenvalue weighted by Gasteiger charge is 2.52. The number of rotatable bonds is 11. The van der Waals surface area contributed by atoms with Crippen LogP contribution in [0.3, 0.4) is 0 Å². The summed E-state index contributed by atoms with van der Waals surface area (Å²) in [5, 5.41) is 16.9. The molecule has 11 rings (SSSR count). The van der Waals surface area contributed by atoms with Gasteiger partial charge in [0.05, 0.1) is 61.5 Å². The molecule has 2 fully saturated rings. The van der Waals surface area contributed by atoms with Crippen molar-refractivity contribution in [1.82, 2.24) is 34.5 Å². The molecule has 0 radical (unpaired) electrons. The lowest BCUT2D eigenvalue weighted by molar-refractivity contribution is -0.0896. The number of carbonyl (C=O) groups excluding carboxylic acids is 3. The van der Waals surface area contributed by atoms with Gasteiger partial charge in [-0.05, 0) is 259 Å². The maximum absolute atomic E-state index is 14.6. The fourth-order valence-corrected chi connectivity index (χ4v) is 10.4. The number of hydrogen-bond acceptors (Lipinski definition) is 19. The normalized spacial score (nSPS) is 14.7. The number of carboxylic acids is 1. The molecule has 2 aliphatic heterocycles. The van der Waals surface area contributed by atoms with Crippen LogP contribution in [0.5, 0.6) is 0 Å². The zero-order valence-electron chi connectivity index (χ0n) is 63.8. The van der Waals surface area contributed by atoms with E-state index in [0.717, 1.165) is 44.8 Å². The first-order valence-electron chi connectivity index (χ1n) is 34.0. The van der Waals surface area contributed by atoms with Gasteiger partial charge in [0.25, 0.3) is 0 Å². The SMILES string of the molecule is CC(C)(C)OC(=O)c1ccc(-c2cc(Br)cnc2N)cc1F.CC(C)(C)OC(=O)c1ccc(B2OC(C)(C)C(C)(C)O2)cc1F.CCn1cc(-c2cnc(N)c(-c3ccc(C(=O)OC(C)(C)C)c(F)c3)c2)cn1.CCn1cc(C2OC(C)(C)C(C)(C)O2)cn1.Nc1ncccc1Br.O=C(O)c1ccc(Br)cc1F. The van der Waals surface area contributed by atoms with E-state index in [0.29, 0.717) is 38.0 Å². The van der Waals surface area contributed by atoms with Gasteiger partial charge < -0.3 is 55.3 Å². The number of pyridine rings is 3. The molecule has 108 heavy (non-hydrogen) atoms. The van der Waals surface area contributed by atoms with Crippen LogP contribution in [0.25, 0.3) is 33.4 Å². The fourth-order valence-electron chi connectivity index (χ4n) is 9.46. The van der Waals surface area contributed by atoms with Gasteiger partial charge in [-0.2, -0.15) is 10.2 Å². The first-order valence-corrected chi connectivity index (χ1v) is 36.4. The Morgan fingerprint density at radius 3 is 1.34 bits per heavy atom. The third kappa shape index (κ3) is 24.6. The van der Waals surface area contributed by atoms with Crippen molar-refractivity contribution in [3.63, 3.8) is 0 Å². The van der Waals surface area contributed by atoms with Crippen molar-refractivity contribution in [2.75, 3.05) is 17.2 Å². The van der Waals surface area contributed by atoms with Gasteiger partial charge in [0, 0.05) is 80.8 Å². The van der Waals surface area contributed by atoms with E-state index in [4.69, 9.17) is 55.3 Å². The first kappa shape index (κ1) is 88.0. The van der Waals surface area contributed by atoms with E-state index in [1.807, 2.05) is 76.1 Å². The maximum atomic E-state index is 14.6. The number of esters is 3. The standard InChI is InChI=1S/C21H23FN4O2.C17H24BFO4.C16H16BrFN2O2.C12H20N2O2.C7H4BrFO2.C5H5BrN2/c1-5-26-12-15(11-25-26)14-8-17(19(23)24-10-14)13-6-7-16(18(22)9-13)20(27)28-21(2,3)4;1-15(2,3)21-14(20)12-9-8-11(10-13(12)19)18-22-16(4,5)17(6,7)23-18;1-16(2,3)22-15(21)11-5-4-9(6-13(11)18)12-7-10(17)8-20-14(12)19;1-6-14-8-9(7-13-14)10-15-11(2,3)12(4,5)16-10;8-4-1-2-5(7(10)11)6(9)3-4;6-4-2-1-3-8-5(4)7/h6-12H,5H2,1-4H3,(H2,23,24);8-10H,1-7H3;4-8H,1-3H3,(H2,19,20);7-8,10H,6H2,1-5H3;1-3H,(H,10,11);1-3H,(H2,7,8). The highest BCUT2D eigenvalue weighted by molar-refractivity contribution is 9.11. The minimum atomic E-state index is -1.25. The summed E-state index contributed by atoms with van der Waals surface area (Å²) >= 11 is 9.52. The van der Waals surface area contributed by atoms with Crippen LogP contribution in [0.4, 0.5) is 35.0 Å². The van der Waals surface area contributed by atoms with Crippen LogP contribution >= 0.6 is 47.8 Å². The summed E-state index contributed by atoms with van der Waals surface area (Å²) in [6.45, 7) is 37.2. The third-order valence-corrected chi connectivity index (χ3v) is 18.1. The highest BCUT2D eigenvalue weighted by atomic mass is 79.9. The number of aryl methyl sites for hydroxylation is 2. The van der Waals surface area contributed by atoms with Gasteiger partial charge in [0.15, 0.2) is 6.29 Å². The molecule has 0 bridgehead atoms. The fraction of sp³-hybridized carbons (Fsp3) is 0.372. The third-order valence-electron chi connectivity index (χ3n) is 16.5. The Balaban J connectivity index is 0.000000210. The molecular weight excluding hydrogens is 1600 g/mol. The van der Waals surface area contributed by atoms with E-state index in [1.165, 1.54) is 48.5 Å². The molecule has 9 aromatic rings. The summed E-state index contributed by atoms with van der Waals surface area (Å²) in [6.07, 6.45) is 12.0. The van der Waals surface area contributed by atoms with E-state index in [2.05, 4.69) is 108 Å². The predicted molar refractivity (Wildman–Crippen MR) is 419 cm³/mol. The molecule has 7 N–H and O–H groups in total. The van der Waals surface area contributed by atoms with Crippen molar-refractivity contribution < 1.29 is 74.8 Å². The molecule has 2 aliphatic rings. The number of aromatic carboxylic acids is 1. The lowest BCUT2D eigenvalue weighted by Crippen LogP contribution is -2.41. The van der Waals surface area contributed by atoms with Crippen molar-refractivity contribution in [2.24, 2.45) is 0 Å².